The number of carbonyl (C=O) groups is 1. The largest absolute Gasteiger partial charge is 0.494 e. The maximum Gasteiger partial charge on any atom is 0.224 e. The highest BCUT2D eigenvalue weighted by molar-refractivity contribution is 5.91. The van der Waals surface area contributed by atoms with Crippen LogP contribution in [0.5, 0.6) is 5.75 Å². The molecule has 1 amide bonds. The van der Waals surface area contributed by atoms with Crippen molar-refractivity contribution in [2.45, 2.75) is 19.8 Å². The van der Waals surface area contributed by atoms with Gasteiger partial charge in [-0.2, -0.15) is 0 Å². The van der Waals surface area contributed by atoms with Crippen LogP contribution in [0.25, 0.3) is 0 Å². The van der Waals surface area contributed by atoms with Crippen molar-refractivity contribution in [3.63, 3.8) is 0 Å². The predicted octanol–water partition coefficient (Wildman–Crippen LogP) is 3.24. The van der Waals surface area contributed by atoms with Crippen LogP contribution in [0.4, 0.5) is 11.4 Å². The molecule has 0 saturated carbocycles. The van der Waals surface area contributed by atoms with Crippen molar-refractivity contribution in [3.8, 4) is 5.75 Å². The van der Waals surface area contributed by atoms with E-state index in [1.807, 2.05) is 55.5 Å². The Balaban J connectivity index is 1.90. The lowest BCUT2D eigenvalue weighted by Gasteiger charge is -2.08. The van der Waals surface area contributed by atoms with Crippen molar-refractivity contribution in [1.29, 1.82) is 0 Å². The number of carbonyl (C=O) groups excluding carboxylic acids is 1. The van der Waals surface area contributed by atoms with E-state index in [-0.39, 0.29) is 5.91 Å². The zero-order valence-corrected chi connectivity index (χ0v) is 12.1. The standard InChI is InChI=1S/C17H20N2O2/c1-2-21-15-8-5-7-14(12-15)19-17(20)11-10-13-6-3-4-9-16(13)18/h3-9,12H,2,10-11,18H2,1H3,(H,19,20). The van der Waals surface area contributed by atoms with Crippen LogP contribution in [0.3, 0.4) is 0 Å². The highest BCUT2D eigenvalue weighted by Gasteiger charge is 2.05. The molecule has 0 aliphatic carbocycles. The summed E-state index contributed by atoms with van der Waals surface area (Å²) in [5, 5.41) is 2.87. The molecule has 0 atom stereocenters. The van der Waals surface area contributed by atoms with Gasteiger partial charge in [0.2, 0.25) is 5.91 Å². The maximum absolute atomic E-state index is 12.0. The molecular weight excluding hydrogens is 264 g/mol. The number of anilines is 2. The predicted molar refractivity (Wildman–Crippen MR) is 85.4 cm³/mol. The zero-order chi connectivity index (χ0) is 15.1. The first-order chi connectivity index (χ1) is 10.2. The van der Waals surface area contributed by atoms with E-state index in [1.54, 1.807) is 0 Å². The molecule has 4 nitrogen and oxygen atoms in total. The first-order valence-corrected chi connectivity index (χ1v) is 7.05. The first kappa shape index (κ1) is 14.9. The number of aryl methyl sites for hydroxylation is 1. The Morgan fingerprint density at radius 2 is 2.00 bits per heavy atom. The second kappa shape index (κ2) is 7.33. The summed E-state index contributed by atoms with van der Waals surface area (Å²) in [6, 6.07) is 15.0. The SMILES string of the molecule is CCOc1cccc(NC(=O)CCc2ccccc2N)c1. The van der Waals surface area contributed by atoms with Crippen LogP contribution in [-0.4, -0.2) is 12.5 Å². The van der Waals surface area contributed by atoms with Gasteiger partial charge in [-0.25, -0.2) is 0 Å². The summed E-state index contributed by atoms with van der Waals surface area (Å²) in [5.74, 6) is 0.717. The quantitative estimate of drug-likeness (QED) is 0.800. The lowest BCUT2D eigenvalue weighted by atomic mass is 10.1. The smallest absolute Gasteiger partial charge is 0.224 e. The molecule has 21 heavy (non-hydrogen) atoms. The molecule has 2 rings (SSSR count). The maximum atomic E-state index is 12.0. The van der Waals surface area contributed by atoms with Crippen LogP contribution in [0.15, 0.2) is 48.5 Å². The monoisotopic (exact) mass is 284 g/mol. The molecular formula is C17H20N2O2. The highest BCUT2D eigenvalue weighted by atomic mass is 16.5. The minimum Gasteiger partial charge on any atom is -0.494 e. The number of benzene rings is 2. The fourth-order valence-corrected chi connectivity index (χ4v) is 2.06. The van der Waals surface area contributed by atoms with Gasteiger partial charge >= 0.3 is 0 Å². The Labute approximate surface area is 124 Å². The second-order valence-electron chi connectivity index (χ2n) is 4.71. The fraction of sp³-hybridized carbons (Fsp3) is 0.235. The van der Waals surface area contributed by atoms with E-state index in [0.29, 0.717) is 19.4 Å². The number of hydrogen-bond acceptors (Lipinski definition) is 3. The van der Waals surface area contributed by atoms with Crippen LogP contribution in [0, 0.1) is 0 Å². The molecule has 0 radical (unpaired) electrons. The molecule has 3 N–H and O–H groups in total. The van der Waals surface area contributed by atoms with Gasteiger partial charge in [0.15, 0.2) is 0 Å². The lowest BCUT2D eigenvalue weighted by molar-refractivity contribution is -0.116. The zero-order valence-electron chi connectivity index (χ0n) is 12.1. The Morgan fingerprint density at radius 3 is 2.76 bits per heavy atom. The summed E-state index contributed by atoms with van der Waals surface area (Å²) in [5.41, 5.74) is 8.33. The number of nitrogen functional groups attached to an aromatic ring is 1. The molecule has 0 fully saturated rings. The Kier molecular flexibility index (Phi) is 5.21. The number of hydrogen-bond donors (Lipinski definition) is 2. The van der Waals surface area contributed by atoms with Crippen molar-refractivity contribution < 1.29 is 9.53 Å². The van der Waals surface area contributed by atoms with Crippen LogP contribution < -0.4 is 15.8 Å². The molecule has 0 aromatic heterocycles. The third-order valence-corrected chi connectivity index (χ3v) is 3.11. The molecule has 110 valence electrons. The van der Waals surface area contributed by atoms with Crippen LogP contribution >= 0.6 is 0 Å². The minimum absolute atomic E-state index is 0.0353. The summed E-state index contributed by atoms with van der Waals surface area (Å²) in [7, 11) is 0. The molecule has 0 spiro atoms. The average Bonchev–Trinajstić information content (AvgIpc) is 2.47. The number of para-hydroxylation sites is 1. The van der Waals surface area contributed by atoms with E-state index in [0.717, 1.165) is 22.7 Å². The van der Waals surface area contributed by atoms with Crippen molar-refractivity contribution in [3.05, 3.63) is 54.1 Å². The topological polar surface area (TPSA) is 64.3 Å². The fourth-order valence-electron chi connectivity index (χ4n) is 2.06. The molecule has 0 unspecified atom stereocenters. The Hall–Kier alpha value is -2.49. The van der Waals surface area contributed by atoms with Crippen LogP contribution in [0.2, 0.25) is 0 Å². The molecule has 2 aromatic rings. The lowest BCUT2D eigenvalue weighted by Crippen LogP contribution is -2.12. The van der Waals surface area contributed by atoms with E-state index >= 15 is 0 Å². The second-order valence-corrected chi connectivity index (χ2v) is 4.71. The Morgan fingerprint density at radius 1 is 1.19 bits per heavy atom. The van der Waals surface area contributed by atoms with Gasteiger partial charge in [0, 0.05) is 23.9 Å². The van der Waals surface area contributed by atoms with Gasteiger partial charge in [0.1, 0.15) is 5.75 Å². The van der Waals surface area contributed by atoms with E-state index in [1.165, 1.54) is 0 Å². The summed E-state index contributed by atoms with van der Waals surface area (Å²) < 4.78 is 5.41. The first-order valence-electron chi connectivity index (χ1n) is 7.05. The van der Waals surface area contributed by atoms with Crippen molar-refractivity contribution in [2.24, 2.45) is 0 Å². The van der Waals surface area contributed by atoms with E-state index < -0.39 is 0 Å². The summed E-state index contributed by atoms with van der Waals surface area (Å²) in [4.78, 5) is 12.0. The number of amides is 1. The molecule has 0 bridgehead atoms. The van der Waals surface area contributed by atoms with E-state index in [2.05, 4.69) is 5.32 Å². The molecule has 0 aliphatic rings. The number of nitrogens with two attached hydrogens (primary N) is 1. The van der Waals surface area contributed by atoms with Gasteiger partial charge in [-0.05, 0) is 37.1 Å². The third-order valence-electron chi connectivity index (χ3n) is 3.11. The number of rotatable bonds is 6. The van der Waals surface area contributed by atoms with Gasteiger partial charge in [-0.1, -0.05) is 24.3 Å². The molecule has 2 aromatic carbocycles. The van der Waals surface area contributed by atoms with Gasteiger partial charge in [-0.15, -0.1) is 0 Å². The molecule has 0 saturated heterocycles. The number of nitrogens with one attached hydrogen (secondary N) is 1. The van der Waals surface area contributed by atoms with E-state index in [9.17, 15) is 4.79 Å². The normalized spacial score (nSPS) is 10.1. The van der Waals surface area contributed by atoms with Crippen LogP contribution in [0.1, 0.15) is 18.9 Å². The van der Waals surface area contributed by atoms with Crippen molar-refractivity contribution in [2.75, 3.05) is 17.7 Å². The van der Waals surface area contributed by atoms with Gasteiger partial charge < -0.3 is 15.8 Å². The molecule has 0 aliphatic heterocycles. The number of ether oxygens (including phenoxy) is 1. The van der Waals surface area contributed by atoms with Crippen molar-refractivity contribution in [1.82, 2.24) is 0 Å². The summed E-state index contributed by atoms with van der Waals surface area (Å²) >= 11 is 0. The highest BCUT2D eigenvalue weighted by Crippen LogP contribution is 2.18. The van der Waals surface area contributed by atoms with Crippen molar-refractivity contribution >= 4 is 17.3 Å². The van der Waals surface area contributed by atoms with Gasteiger partial charge in [-0.3, -0.25) is 4.79 Å². The average molecular weight is 284 g/mol. The minimum atomic E-state index is -0.0353. The van der Waals surface area contributed by atoms with Gasteiger partial charge in [0.05, 0.1) is 6.61 Å². The van der Waals surface area contributed by atoms with Crippen LogP contribution in [-0.2, 0) is 11.2 Å². The summed E-state index contributed by atoms with van der Waals surface area (Å²) in [6.07, 6.45) is 1.02. The van der Waals surface area contributed by atoms with E-state index in [4.69, 9.17) is 10.5 Å². The van der Waals surface area contributed by atoms with Gasteiger partial charge in [0.25, 0.3) is 0 Å². The Bertz CT molecular complexity index is 611. The molecule has 4 heteroatoms. The third kappa shape index (κ3) is 4.53. The molecule has 0 heterocycles. The summed E-state index contributed by atoms with van der Waals surface area (Å²) in [6.45, 7) is 2.53.